The van der Waals surface area contributed by atoms with Crippen LogP contribution < -0.4 is 4.98 Å². The molecule has 0 amide bonds. The lowest BCUT2D eigenvalue weighted by molar-refractivity contribution is 0.697. The van der Waals surface area contributed by atoms with Gasteiger partial charge in [-0.15, -0.1) is 0 Å². The second-order valence-electron chi connectivity index (χ2n) is 6.20. The fourth-order valence-corrected chi connectivity index (χ4v) is 4.80. The van der Waals surface area contributed by atoms with Gasteiger partial charge in [0.15, 0.2) is 8.24 Å². The second kappa shape index (κ2) is 6.79. The van der Waals surface area contributed by atoms with Crippen molar-refractivity contribution >= 4 is 36.8 Å². The normalized spacial score (nSPS) is 12.0. The average molecular weight is 325 g/mol. The molecule has 2 aromatic rings. The Morgan fingerprint density at radius 3 is 2.67 bits per heavy atom. The molecule has 0 bridgehead atoms. The highest BCUT2D eigenvalue weighted by atomic mass is 35.5. The molecule has 0 unspecified atom stereocenters. The Labute approximate surface area is 133 Å². The van der Waals surface area contributed by atoms with Crippen LogP contribution in [0.1, 0.15) is 33.1 Å². The number of halogens is 1. The Kier molecular flexibility index (Phi) is 5.27. The molecule has 0 aliphatic heterocycles. The molecule has 0 radical (unpaired) electrons. The molecule has 2 aromatic heterocycles. The van der Waals surface area contributed by atoms with Crippen molar-refractivity contribution in [2.45, 2.75) is 58.8 Å². The quantitative estimate of drug-likeness (QED) is 0.581. The molecule has 2 rings (SSSR count). The van der Waals surface area contributed by atoms with E-state index in [4.69, 9.17) is 16.6 Å². The molecular formula is C15H25ClN4Si. The number of hydrogen-bond donors (Lipinski definition) is 1. The van der Waals surface area contributed by atoms with E-state index in [9.17, 15) is 0 Å². The number of unbranched alkanes of at least 4 members (excludes halogenated alkanes) is 1. The van der Waals surface area contributed by atoms with E-state index in [0.29, 0.717) is 11.1 Å². The smallest absolute Gasteiger partial charge is 0.218 e. The zero-order valence-corrected chi connectivity index (χ0v) is 15.2. The summed E-state index contributed by atoms with van der Waals surface area (Å²) in [6.07, 6.45) is 5.58. The van der Waals surface area contributed by atoms with E-state index in [1.54, 1.807) is 0 Å². The molecule has 21 heavy (non-hydrogen) atoms. The summed E-state index contributed by atoms with van der Waals surface area (Å²) in [6, 6.07) is 3.22. The minimum atomic E-state index is -1.53. The van der Waals surface area contributed by atoms with Crippen LogP contribution in [0.25, 0.3) is 11.0 Å². The Hall–Kier alpha value is -1.07. The third-order valence-corrected chi connectivity index (χ3v) is 6.43. The third-order valence-electron chi connectivity index (χ3n) is 3.64. The van der Waals surface area contributed by atoms with Gasteiger partial charge in [-0.05, 0) is 18.5 Å². The van der Waals surface area contributed by atoms with Crippen molar-refractivity contribution in [2.24, 2.45) is 0 Å². The Morgan fingerprint density at radius 2 is 2.00 bits per heavy atom. The zero-order valence-electron chi connectivity index (χ0n) is 13.4. The van der Waals surface area contributed by atoms with Crippen molar-refractivity contribution in [2.75, 3.05) is 4.98 Å². The minimum absolute atomic E-state index is 0.539. The van der Waals surface area contributed by atoms with Crippen LogP contribution in [0.5, 0.6) is 0 Å². The van der Waals surface area contributed by atoms with Gasteiger partial charge in [0.05, 0.1) is 5.39 Å². The summed E-state index contributed by atoms with van der Waals surface area (Å²) >= 11 is 6.32. The van der Waals surface area contributed by atoms with E-state index in [1.165, 1.54) is 18.9 Å². The fraction of sp³-hybridized carbons (Fsp3) is 0.600. The number of aromatic nitrogens is 3. The van der Waals surface area contributed by atoms with Crippen molar-refractivity contribution in [1.82, 2.24) is 14.5 Å². The topological polar surface area (TPSA) is 42.7 Å². The molecule has 0 aromatic carbocycles. The van der Waals surface area contributed by atoms with Gasteiger partial charge in [-0.2, -0.15) is 4.98 Å². The molecule has 116 valence electrons. The maximum absolute atomic E-state index is 6.32. The Morgan fingerprint density at radius 1 is 1.24 bits per heavy atom. The summed E-state index contributed by atoms with van der Waals surface area (Å²) in [5, 5.41) is 1.47. The summed E-state index contributed by atoms with van der Waals surface area (Å²) in [4.78, 5) is 12.7. The molecule has 0 aliphatic carbocycles. The van der Waals surface area contributed by atoms with Gasteiger partial charge in [-0.1, -0.05) is 51.4 Å². The number of rotatable bonds is 7. The molecule has 2 heterocycles. The van der Waals surface area contributed by atoms with Crippen LogP contribution in [-0.2, 0) is 6.54 Å². The van der Waals surface area contributed by atoms with Crippen LogP contribution in [0.3, 0.4) is 0 Å². The standard InChI is InChI=1S/C15H25ClN4Si/c1-5-7-11-21(3,4)19-15-17-13(16)12-8-10-20(9-6-2)14(12)18-15/h8,10H,5-7,9,11H2,1-4H3,(H,17,18,19). The molecule has 0 fully saturated rings. The predicted molar refractivity (Wildman–Crippen MR) is 93.6 cm³/mol. The zero-order chi connectivity index (χ0) is 15.5. The minimum Gasteiger partial charge on any atom is -0.380 e. The van der Waals surface area contributed by atoms with Gasteiger partial charge >= 0.3 is 0 Å². The summed E-state index contributed by atoms with van der Waals surface area (Å²) in [6.45, 7) is 9.97. The molecule has 0 atom stereocenters. The van der Waals surface area contributed by atoms with Gasteiger partial charge < -0.3 is 9.55 Å². The highest BCUT2D eigenvalue weighted by molar-refractivity contribution is 6.80. The number of aryl methyl sites for hydroxylation is 1. The van der Waals surface area contributed by atoms with Crippen LogP contribution in [0.15, 0.2) is 12.3 Å². The predicted octanol–water partition coefficient (Wildman–Crippen LogP) is 4.91. The first kappa shape index (κ1) is 16.3. The van der Waals surface area contributed by atoms with Crippen LogP contribution in [0.4, 0.5) is 5.95 Å². The van der Waals surface area contributed by atoms with Gasteiger partial charge in [-0.3, -0.25) is 0 Å². The maximum atomic E-state index is 6.32. The van der Waals surface area contributed by atoms with E-state index >= 15 is 0 Å². The molecule has 0 spiro atoms. The van der Waals surface area contributed by atoms with E-state index in [-0.39, 0.29) is 0 Å². The van der Waals surface area contributed by atoms with Crippen molar-refractivity contribution in [3.63, 3.8) is 0 Å². The SMILES string of the molecule is CCCC[Si](C)(C)Nc1nc(Cl)c2ccn(CCC)c2n1. The lowest BCUT2D eigenvalue weighted by Gasteiger charge is -2.23. The van der Waals surface area contributed by atoms with E-state index in [2.05, 4.69) is 41.5 Å². The van der Waals surface area contributed by atoms with E-state index < -0.39 is 8.24 Å². The van der Waals surface area contributed by atoms with Crippen LogP contribution >= 0.6 is 11.6 Å². The number of fused-ring (bicyclic) bond motifs is 1. The number of hydrogen-bond acceptors (Lipinski definition) is 3. The van der Waals surface area contributed by atoms with Gasteiger partial charge in [-0.25, -0.2) is 4.98 Å². The highest BCUT2D eigenvalue weighted by Crippen LogP contribution is 2.25. The van der Waals surface area contributed by atoms with Crippen LogP contribution in [-0.4, -0.2) is 22.8 Å². The molecule has 0 aliphatic rings. The van der Waals surface area contributed by atoms with E-state index in [0.717, 1.165) is 24.0 Å². The molecular weight excluding hydrogens is 300 g/mol. The number of nitrogens with zero attached hydrogens (tertiary/aromatic N) is 3. The molecule has 4 nitrogen and oxygen atoms in total. The van der Waals surface area contributed by atoms with Crippen LogP contribution in [0, 0.1) is 0 Å². The molecule has 1 N–H and O–H groups in total. The average Bonchev–Trinajstić information content (AvgIpc) is 2.80. The fourth-order valence-electron chi connectivity index (χ4n) is 2.49. The van der Waals surface area contributed by atoms with Crippen molar-refractivity contribution < 1.29 is 0 Å². The van der Waals surface area contributed by atoms with Gasteiger partial charge in [0.2, 0.25) is 5.95 Å². The van der Waals surface area contributed by atoms with Crippen LogP contribution in [0.2, 0.25) is 24.3 Å². The maximum Gasteiger partial charge on any atom is 0.218 e. The largest absolute Gasteiger partial charge is 0.380 e. The molecule has 0 saturated heterocycles. The third kappa shape index (κ3) is 3.98. The van der Waals surface area contributed by atoms with Gasteiger partial charge in [0.1, 0.15) is 10.8 Å². The van der Waals surface area contributed by atoms with Gasteiger partial charge in [0.25, 0.3) is 0 Å². The Bertz CT molecular complexity index is 609. The lowest BCUT2D eigenvalue weighted by Crippen LogP contribution is -2.37. The summed E-state index contributed by atoms with van der Waals surface area (Å²) in [5.41, 5.74) is 0.930. The van der Waals surface area contributed by atoms with Crippen molar-refractivity contribution in [1.29, 1.82) is 0 Å². The number of nitrogens with one attached hydrogen (secondary N) is 1. The molecule has 0 saturated carbocycles. The Balaban J connectivity index is 2.30. The summed E-state index contributed by atoms with van der Waals surface area (Å²) < 4.78 is 2.15. The highest BCUT2D eigenvalue weighted by Gasteiger charge is 2.22. The van der Waals surface area contributed by atoms with Crippen molar-refractivity contribution in [3.05, 3.63) is 17.4 Å². The second-order valence-corrected chi connectivity index (χ2v) is 11.1. The van der Waals surface area contributed by atoms with Gasteiger partial charge in [0, 0.05) is 12.7 Å². The van der Waals surface area contributed by atoms with E-state index in [1.807, 2.05) is 12.3 Å². The summed E-state index contributed by atoms with van der Waals surface area (Å²) in [7, 11) is -1.53. The monoisotopic (exact) mass is 324 g/mol. The first-order valence-electron chi connectivity index (χ1n) is 7.77. The first-order valence-corrected chi connectivity index (χ1v) is 11.4. The summed E-state index contributed by atoms with van der Waals surface area (Å²) in [5.74, 6) is 0.677. The number of anilines is 1. The van der Waals surface area contributed by atoms with Crippen molar-refractivity contribution in [3.8, 4) is 0 Å². The first-order chi connectivity index (χ1) is 9.96. The molecule has 6 heteroatoms. The lowest BCUT2D eigenvalue weighted by atomic mass is 10.4.